The van der Waals surface area contributed by atoms with Gasteiger partial charge in [0, 0.05) is 13.1 Å². The maximum Gasteiger partial charge on any atom is 0.261 e. The molecule has 5 heteroatoms. The molecule has 2 aromatic carbocycles. The fourth-order valence-corrected chi connectivity index (χ4v) is 3.01. The average Bonchev–Trinajstić information content (AvgIpc) is 2.71. The van der Waals surface area contributed by atoms with Crippen LogP contribution in [0.3, 0.4) is 0 Å². The van der Waals surface area contributed by atoms with E-state index in [4.69, 9.17) is 4.74 Å². The minimum atomic E-state index is -0.597. The third-order valence-electron chi connectivity index (χ3n) is 5.02. The minimum Gasteiger partial charge on any atom is -0.483 e. The fourth-order valence-electron chi connectivity index (χ4n) is 3.01. The summed E-state index contributed by atoms with van der Waals surface area (Å²) in [6.45, 7) is 12.6. The van der Waals surface area contributed by atoms with E-state index in [-0.39, 0.29) is 18.4 Å². The van der Waals surface area contributed by atoms with Crippen LogP contribution in [-0.4, -0.2) is 35.9 Å². The van der Waals surface area contributed by atoms with Gasteiger partial charge >= 0.3 is 0 Å². The number of nitrogens with zero attached hydrogens (tertiary/aromatic N) is 1. The number of amides is 2. The third-order valence-corrected chi connectivity index (χ3v) is 5.02. The van der Waals surface area contributed by atoms with Crippen molar-refractivity contribution < 1.29 is 14.3 Å². The third kappa shape index (κ3) is 6.90. The van der Waals surface area contributed by atoms with Crippen LogP contribution in [0.1, 0.15) is 43.0 Å². The lowest BCUT2D eigenvalue weighted by Crippen LogP contribution is -2.49. The van der Waals surface area contributed by atoms with Crippen LogP contribution >= 0.6 is 0 Å². The van der Waals surface area contributed by atoms with Gasteiger partial charge in [-0.1, -0.05) is 55.8 Å². The number of rotatable bonds is 9. The van der Waals surface area contributed by atoms with E-state index in [0.717, 1.165) is 22.3 Å². The number of nitrogens with one attached hydrogen (secondary N) is 1. The Kier molecular flexibility index (Phi) is 8.46. The predicted molar refractivity (Wildman–Crippen MR) is 120 cm³/mol. The van der Waals surface area contributed by atoms with Crippen LogP contribution < -0.4 is 10.1 Å². The van der Waals surface area contributed by atoms with E-state index in [1.165, 1.54) is 0 Å². The van der Waals surface area contributed by atoms with Crippen LogP contribution in [0.15, 0.2) is 42.5 Å². The quantitative estimate of drug-likeness (QED) is 0.675. The monoisotopic (exact) mass is 410 g/mol. The predicted octanol–water partition coefficient (Wildman–Crippen LogP) is 4.18. The lowest BCUT2D eigenvalue weighted by atomic mass is 10.1. The SMILES string of the molecule is Cc1ccc(CN(C(=O)COc2cc(C)ccc2C)[C@@H](C)C(=O)NCC(C)C)cc1. The average molecular weight is 411 g/mol. The van der Waals surface area contributed by atoms with Gasteiger partial charge in [-0.25, -0.2) is 0 Å². The van der Waals surface area contributed by atoms with E-state index < -0.39 is 6.04 Å². The van der Waals surface area contributed by atoms with Crippen molar-refractivity contribution in [1.29, 1.82) is 0 Å². The molecule has 0 fully saturated rings. The van der Waals surface area contributed by atoms with Gasteiger partial charge in [0.1, 0.15) is 11.8 Å². The number of ether oxygens (including phenoxy) is 1. The summed E-state index contributed by atoms with van der Waals surface area (Å²) in [4.78, 5) is 27.3. The van der Waals surface area contributed by atoms with Crippen LogP contribution in [0.25, 0.3) is 0 Å². The van der Waals surface area contributed by atoms with E-state index in [0.29, 0.717) is 24.8 Å². The maximum atomic E-state index is 13.1. The molecule has 2 amide bonds. The zero-order valence-electron chi connectivity index (χ0n) is 19.0. The van der Waals surface area contributed by atoms with Crippen molar-refractivity contribution >= 4 is 11.8 Å². The zero-order valence-corrected chi connectivity index (χ0v) is 19.0. The van der Waals surface area contributed by atoms with Crippen molar-refractivity contribution in [2.45, 2.75) is 54.1 Å². The molecule has 162 valence electrons. The van der Waals surface area contributed by atoms with Crippen LogP contribution in [-0.2, 0) is 16.1 Å². The summed E-state index contributed by atoms with van der Waals surface area (Å²) < 4.78 is 5.82. The summed E-state index contributed by atoms with van der Waals surface area (Å²) in [6.07, 6.45) is 0. The summed E-state index contributed by atoms with van der Waals surface area (Å²) in [7, 11) is 0. The highest BCUT2D eigenvalue weighted by Gasteiger charge is 2.26. The highest BCUT2D eigenvalue weighted by atomic mass is 16.5. The summed E-state index contributed by atoms with van der Waals surface area (Å²) in [6, 6.07) is 13.3. The molecule has 5 nitrogen and oxygen atoms in total. The lowest BCUT2D eigenvalue weighted by Gasteiger charge is -2.29. The van der Waals surface area contributed by atoms with Gasteiger partial charge in [-0.2, -0.15) is 0 Å². The van der Waals surface area contributed by atoms with Gasteiger partial charge in [0.2, 0.25) is 5.91 Å². The first-order chi connectivity index (χ1) is 14.2. The van der Waals surface area contributed by atoms with Crippen LogP contribution in [0.5, 0.6) is 5.75 Å². The molecular formula is C25H34N2O3. The molecular weight excluding hydrogens is 376 g/mol. The molecule has 0 aliphatic carbocycles. The molecule has 1 atom stereocenters. The summed E-state index contributed by atoms with van der Waals surface area (Å²) in [5.41, 5.74) is 4.17. The molecule has 0 saturated carbocycles. The van der Waals surface area contributed by atoms with E-state index in [2.05, 4.69) is 5.32 Å². The smallest absolute Gasteiger partial charge is 0.261 e. The van der Waals surface area contributed by atoms with E-state index in [1.54, 1.807) is 11.8 Å². The topological polar surface area (TPSA) is 58.6 Å². The number of benzene rings is 2. The second-order valence-corrected chi connectivity index (χ2v) is 8.38. The Labute approximate surface area is 180 Å². The minimum absolute atomic E-state index is 0.113. The van der Waals surface area contributed by atoms with Crippen molar-refractivity contribution in [2.75, 3.05) is 13.2 Å². The van der Waals surface area contributed by atoms with Gasteiger partial charge in [0.05, 0.1) is 0 Å². The Morgan fingerprint density at radius 2 is 1.60 bits per heavy atom. The summed E-state index contributed by atoms with van der Waals surface area (Å²) in [5.74, 6) is 0.658. The number of carbonyl (C=O) groups is 2. The van der Waals surface area contributed by atoms with Crippen molar-refractivity contribution in [3.05, 3.63) is 64.7 Å². The summed E-state index contributed by atoms with van der Waals surface area (Å²) >= 11 is 0. The first-order valence-corrected chi connectivity index (χ1v) is 10.5. The Bertz CT molecular complexity index is 859. The van der Waals surface area contributed by atoms with Crippen LogP contribution in [0, 0.1) is 26.7 Å². The summed E-state index contributed by atoms with van der Waals surface area (Å²) in [5, 5.41) is 2.93. The largest absolute Gasteiger partial charge is 0.483 e. The Balaban J connectivity index is 2.15. The molecule has 30 heavy (non-hydrogen) atoms. The van der Waals surface area contributed by atoms with Gasteiger partial charge in [-0.3, -0.25) is 9.59 Å². The van der Waals surface area contributed by atoms with Crippen molar-refractivity contribution in [3.63, 3.8) is 0 Å². The molecule has 0 bridgehead atoms. The first kappa shape index (κ1) is 23.5. The second-order valence-electron chi connectivity index (χ2n) is 8.38. The van der Waals surface area contributed by atoms with Gasteiger partial charge in [0.25, 0.3) is 5.91 Å². The molecule has 0 aromatic heterocycles. The number of aryl methyl sites for hydroxylation is 3. The van der Waals surface area contributed by atoms with Gasteiger partial charge in [-0.05, 0) is 56.4 Å². The normalized spacial score (nSPS) is 11.8. The number of hydrogen-bond donors (Lipinski definition) is 1. The Morgan fingerprint density at radius 1 is 0.967 bits per heavy atom. The highest BCUT2D eigenvalue weighted by molar-refractivity contribution is 5.88. The van der Waals surface area contributed by atoms with Crippen molar-refractivity contribution in [3.8, 4) is 5.75 Å². The van der Waals surface area contributed by atoms with Crippen LogP contribution in [0.4, 0.5) is 0 Å². The molecule has 0 aliphatic rings. The molecule has 0 unspecified atom stereocenters. The Morgan fingerprint density at radius 3 is 2.23 bits per heavy atom. The fraction of sp³-hybridized carbons (Fsp3) is 0.440. The molecule has 0 aliphatic heterocycles. The van der Waals surface area contributed by atoms with Crippen molar-refractivity contribution in [1.82, 2.24) is 10.2 Å². The van der Waals surface area contributed by atoms with Gasteiger partial charge in [0.15, 0.2) is 6.61 Å². The zero-order chi connectivity index (χ0) is 22.3. The molecule has 0 radical (unpaired) electrons. The highest BCUT2D eigenvalue weighted by Crippen LogP contribution is 2.19. The molecule has 1 N–H and O–H groups in total. The molecule has 2 aromatic rings. The maximum absolute atomic E-state index is 13.1. The Hall–Kier alpha value is -2.82. The standard InChI is InChI=1S/C25H34N2O3/c1-17(2)14-26-25(29)21(6)27(15-22-11-8-18(3)9-12-22)24(28)16-30-23-13-19(4)7-10-20(23)5/h7-13,17,21H,14-16H2,1-6H3,(H,26,29)/t21-/m0/s1. The van der Waals surface area contributed by atoms with Crippen molar-refractivity contribution in [2.24, 2.45) is 5.92 Å². The van der Waals surface area contributed by atoms with E-state index in [9.17, 15) is 9.59 Å². The van der Waals surface area contributed by atoms with Gasteiger partial charge in [-0.15, -0.1) is 0 Å². The first-order valence-electron chi connectivity index (χ1n) is 10.5. The lowest BCUT2D eigenvalue weighted by molar-refractivity contribution is -0.142. The van der Waals surface area contributed by atoms with Crippen LogP contribution in [0.2, 0.25) is 0 Å². The molecule has 0 spiro atoms. The van der Waals surface area contributed by atoms with E-state index in [1.807, 2.05) is 77.1 Å². The molecule has 0 saturated heterocycles. The molecule has 2 rings (SSSR count). The number of hydrogen-bond acceptors (Lipinski definition) is 3. The molecule has 0 heterocycles. The second kappa shape index (κ2) is 10.8. The number of carbonyl (C=O) groups excluding carboxylic acids is 2. The van der Waals surface area contributed by atoms with E-state index >= 15 is 0 Å². The van der Waals surface area contributed by atoms with Gasteiger partial charge < -0.3 is 15.0 Å².